The molecule has 14 heavy (non-hydrogen) atoms. The van der Waals surface area contributed by atoms with Crippen LogP contribution in [0.4, 0.5) is 0 Å². The Morgan fingerprint density at radius 1 is 0.929 bits per heavy atom. The predicted octanol–water partition coefficient (Wildman–Crippen LogP) is 1.93. The molecule has 0 atom stereocenters. The van der Waals surface area contributed by atoms with Crippen molar-refractivity contribution in [3.63, 3.8) is 0 Å². The van der Waals surface area contributed by atoms with E-state index in [2.05, 4.69) is 0 Å². The van der Waals surface area contributed by atoms with Crippen molar-refractivity contribution in [3.8, 4) is 0 Å². The lowest BCUT2D eigenvalue weighted by atomic mass is 10.2. The molecule has 3 nitrogen and oxygen atoms in total. The molecule has 0 saturated carbocycles. The molecule has 72 valence electrons. The molecule has 1 amide bonds. The van der Waals surface area contributed by atoms with Crippen LogP contribution in [0.2, 0.25) is 0 Å². The zero-order valence-corrected chi connectivity index (χ0v) is 7.55. The first kappa shape index (κ1) is 10.2. The Morgan fingerprint density at radius 3 is 1.79 bits per heavy atom. The van der Waals surface area contributed by atoms with Crippen LogP contribution in [-0.4, -0.2) is 11.1 Å². The van der Waals surface area contributed by atoms with Gasteiger partial charge in [-0.1, -0.05) is 42.5 Å². The standard InChI is InChI=1S/C11H11NO2/c13-11(12-14)10-8-6-4-2-1-3-5-7-9-10/h1-9,14H,(H,12,13). The van der Waals surface area contributed by atoms with Gasteiger partial charge in [-0.25, -0.2) is 5.48 Å². The van der Waals surface area contributed by atoms with Gasteiger partial charge in [0.2, 0.25) is 0 Å². The molecule has 2 N–H and O–H groups in total. The Kier molecular flexibility index (Phi) is 4.17. The minimum absolute atomic E-state index is 0.392. The molecule has 0 heterocycles. The average Bonchev–Trinajstić information content (AvgIpc) is 2.24. The third-order valence-electron chi connectivity index (χ3n) is 1.58. The van der Waals surface area contributed by atoms with Gasteiger partial charge in [0.15, 0.2) is 0 Å². The van der Waals surface area contributed by atoms with Crippen LogP contribution in [0, 0.1) is 0 Å². The Morgan fingerprint density at radius 2 is 1.36 bits per heavy atom. The first-order valence-corrected chi connectivity index (χ1v) is 4.17. The third kappa shape index (κ3) is 3.25. The summed E-state index contributed by atoms with van der Waals surface area (Å²) in [7, 11) is 0. The maximum absolute atomic E-state index is 11.1. The molecule has 0 aliphatic heterocycles. The lowest BCUT2D eigenvalue weighted by Gasteiger charge is -1.93. The normalized spacial score (nSPS) is 8.64. The van der Waals surface area contributed by atoms with Gasteiger partial charge in [-0.15, -0.1) is 0 Å². The van der Waals surface area contributed by atoms with E-state index in [-0.39, 0.29) is 0 Å². The minimum Gasteiger partial charge on any atom is -0.288 e. The molecule has 0 aliphatic rings. The second-order valence-electron chi connectivity index (χ2n) is 2.58. The molecule has 3 heteroatoms. The van der Waals surface area contributed by atoms with Crippen molar-refractivity contribution >= 4 is 5.91 Å². The molecule has 1 aromatic rings. The molecular weight excluding hydrogens is 178 g/mol. The molecule has 0 aliphatic carbocycles. The molecule has 0 radical (unpaired) electrons. The quantitative estimate of drug-likeness (QED) is 0.524. The molecule has 0 aromatic heterocycles. The largest absolute Gasteiger partial charge is 0.288 e. The predicted molar refractivity (Wildman–Crippen MR) is 53.3 cm³/mol. The zero-order chi connectivity index (χ0) is 10.2. The summed E-state index contributed by atoms with van der Waals surface area (Å²) in [5.41, 5.74) is 1.98. The molecule has 0 saturated heterocycles. The molecule has 1 rings (SSSR count). The summed E-state index contributed by atoms with van der Waals surface area (Å²) in [4.78, 5) is 11.1. The SMILES string of the molecule is O=C(NO)c1ccccccccc1. The number of hydrogen-bond acceptors (Lipinski definition) is 2. The number of amides is 1. The van der Waals surface area contributed by atoms with Gasteiger partial charge in [-0.05, 0) is 12.1 Å². The second kappa shape index (κ2) is 5.72. The highest BCUT2D eigenvalue weighted by Gasteiger charge is 1.98. The lowest BCUT2D eigenvalue weighted by molar-refractivity contribution is 0.0706. The number of rotatable bonds is 1. The van der Waals surface area contributed by atoms with Crippen molar-refractivity contribution in [1.82, 2.24) is 5.48 Å². The van der Waals surface area contributed by atoms with Gasteiger partial charge in [-0.3, -0.25) is 10.0 Å². The van der Waals surface area contributed by atoms with Gasteiger partial charge in [0, 0.05) is 5.56 Å². The molecule has 1 aromatic carbocycles. The van der Waals surface area contributed by atoms with E-state index in [0.29, 0.717) is 5.56 Å². The van der Waals surface area contributed by atoms with Crippen LogP contribution in [0.25, 0.3) is 0 Å². The molecule has 0 unspecified atom stereocenters. The van der Waals surface area contributed by atoms with Crippen molar-refractivity contribution in [2.75, 3.05) is 0 Å². The van der Waals surface area contributed by atoms with E-state index < -0.39 is 5.91 Å². The summed E-state index contributed by atoms with van der Waals surface area (Å²) in [6, 6.07) is 15.9. The van der Waals surface area contributed by atoms with Crippen LogP contribution in [0.15, 0.2) is 54.6 Å². The summed E-state index contributed by atoms with van der Waals surface area (Å²) in [6.07, 6.45) is 0. The number of carbonyl (C=O) groups is 1. The fraction of sp³-hybridized carbons (Fsp3) is 0. The minimum atomic E-state index is -0.524. The smallest absolute Gasteiger partial charge is 0.274 e. The van der Waals surface area contributed by atoms with E-state index in [9.17, 15) is 4.79 Å². The maximum Gasteiger partial charge on any atom is 0.274 e. The number of nitrogens with one attached hydrogen (secondary N) is 1. The van der Waals surface area contributed by atoms with Gasteiger partial charge in [0.1, 0.15) is 0 Å². The summed E-state index contributed by atoms with van der Waals surface area (Å²) in [5, 5.41) is 8.44. The van der Waals surface area contributed by atoms with Crippen LogP contribution < -0.4 is 5.48 Å². The van der Waals surface area contributed by atoms with Crippen LogP contribution in [0.5, 0.6) is 0 Å². The first-order valence-electron chi connectivity index (χ1n) is 4.17. The highest BCUT2D eigenvalue weighted by molar-refractivity contribution is 5.92. The zero-order valence-electron chi connectivity index (χ0n) is 7.55. The van der Waals surface area contributed by atoms with Crippen molar-refractivity contribution in [3.05, 3.63) is 60.2 Å². The van der Waals surface area contributed by atoms with E-state index in [4.69, 9.17) is 5.21 Å². The van der Waals surface area contributed by atoms with Crippen molar-refractivity contribution in [2.45, 2.75) is 0 Å². The topological polar surface area (TPSA) is 49.3 Å². The number of hydroxylamine groups is 1. The highest BCUT2D eigenvalue weighted by atomic mass is 16.5. The Hall–Kier alpha value is -1.87. The van der Waals surface area contributed by atoms with Crippen LogP contribution in [0.3, 0.4) is 0 Å². The number of carbonyl (C=O) groups excluding carboxylic acids is 1. The van der Waals surface area contributed by atoms with Gasteiger partial charge in [-0.2, -0.15) is 0 Å². The Balaban J connectivity index is 3.13. The molecule has 0 fully saturated rings. The summed E-state index contributed by atoms with van der Waals surface area (Å²) >= 11 is 0. The fourth-order valence-corrected chi connectivity index (χ4v) is 0.911. The van der Waals surface area contributed by atoms with Crippen LogP contribution >= 0.6 is 0 Å². The average molecular weight is 189 g/mol. The molecule has 0 spiro atoms. The van der Waals surface area contributed by atoms with Gasteiger partial charge >= 0.3 is 0 Å². The van der Waals surface area contributed by atoms with E-state index >= 15 is 0 Å². The van der Waals surface area contributed by atoms with E-state index in [0.717, 1.165) is 0 Å². The van der Waals surface area contributed by atoms with Gasteiger partial charge in [0.25, 0.3) is 5.91 Å². The Bertz CT molecular complexity index is 337. The van der Waals surface area contributed by atoms with Crippen molar-refractivity contribution in [2.24, 2.45) is 0 Å². The van der Waals surface area contributed by atoms with Crippen molar-refractivity contribution in [1.29, 1.82) is 0 Å². The summed E-state index contributed by atoms with van der Waals surface area (Å²) < 4.78 is 0. The van der Waals surface area contributed by atoms with E-state index in [1.54, 1.807) is 41.9 Å². The molecular formula is C11H11NO2. The number of hydrogen-bond donors (Lipinski definition) is 2. The van der Waals surface area contributed by atoms with E-state index in [1.165, 1.54) is 0 Å². The van der Waals surface area contributed by atoms with Crippen molar-refractivity contribution < 1.29 is 10.0 Å². The highest BCUT2D eigenvalue weighted by Crippen LogP contribution is 1.94. The second-order valence-corrected chi connectivity index (χ2v) is 2.58. The summed E-state index contributed by atoms with van der Waals surface area (Å²) in [6.45, 7) is 0. The lowest BCUT2D eigenvalue weighted by Crippen LogP contribution is -2.17. The fourth-order valence-electron chi connectivity index (χ4n) is 0.911. The van der Waals surface area contributed by atoms with Crippen LogP contribution in [-0.2, 0) is 0 Å². The van der Waals surface area contributed by atoms with Gasteiger partial charge in [0.05, 0.1) is 0 Å². The molecule has 0 bridgehead atoms. The van der Waals surface area contributed by atoms with Gasteiger partial charge < -0.3 is 0 Å². The maximum atomic E-state index is 11.1. The van der Waals surface area contributed by atoms with E-state index in [1.807, 2.05) is 18.2 Å². The summed E-state index contributed by atoms with van der Waals surface area (Å²) in [5.74, 6) is -0.524. The Labute approximate surface area is 82.3 Å². The van der Waals surface area contributed by atoms with Crippen LogP contribution in [0.1, 0.15) is 10.4 Å². The monoisotopic (exact) mass is 189 g/mol. The third-order valence-corrected chi connectivity index (χ3v) is 1.58. The first-order chi connectivity index (χ1) is 6.84.